The van der Waals surface area contributed by atoms with E-state index in [1.807, 2.05) is 0 Å². The molecule has 0 aromatic heterocycles. The molecule has 5 aliphatic carbocycles. The molecule has 0 aromatic rings. The molecule has 154 valence electrons. The van der Waals surface area contributed by atoms with Crippen molar-refractivity contribution in [2.45, 2.75) is 105 Å². The highest BCUT2D eigenvalue weighted by Gasteiger charge is 2.81. The standard InChI is InChI=1S/C26H45N/c1-18(27(6)7)19-11-14-24(5)21-10-9-20-22(2,3)12-8-13-25(20)17-26(21,25)16-15-23(19,24)4/h18-21H,8-17H2,1-7H3/t18-,19+,20+,21-,23+,24-,25-,26+/m0/s1. The molecule has 27 heavy (non-hydrogen) atoms. The molecule has 0 heterocycles. The van der Waals surface area contributed by atoms with E-state index in [9.17, 15) is 0 Å². The molecule has 1 nitrogen and oxygen atoms in total. The van der Waals surface area contributed by atoms with E-state index < -0.39 is 0 Å². The van der Waals surface area contributed by atoms with Gasteiger partial charge in [-0.3, -0.25) is 0 Å². The van der Waals surface area contributed by atoms with E-state index in [-0.39, 0.29) is 0 Å². The van der Waals surface area contributed by atoms with Crippen LogP contribution < -0.4 is 0 Å². The summed E-state index contributed by atoms with van der Waals surface area (Å²) in [5, 5.41) is 0. The van der Waals surface area contributed by atoms with Gasteiger partial charge in [0, 0.05) is 6.04 Å². The van der Waals surface area contributed by atoms with Crippen LogP contribution in [0.3, 0.4) is 0 Å². The molecule has 0 N–H and O–H groups in total. The summed E-state index contributed by atoms with van der Waals surface area (Å²) < 4.78 is 0. The Morgan fingerprint density at radius 3 is 2.11 bits per heavy atom. The summed E-state index contributed by atoms with van der Waals surface area (Å²) in [4.78, 5) is 2.51. The lowest BCUT2D eigenvalue weighted by atomic mass is 9.42. The van der Waals surface area contributed by atoms with Gasteiger partial charge in [0.2, 0.25) is 0 Å². The Kier molecular flexibility index (Phi) is 3.76. The van der Waals surface area contributed by atoms with Crippen LogP contribution in [0.15, 0.2) is 0 Å². The van der Waals surface area contributed by atoms with Crippen molar-refractivity contribution < 1.29 is 0 Å². The van der Waals surface area contributed by atoms with Gasteiger partial charge < -0.3 is 4.90 Å². The molecule has 5 fully saturated rings. The van der Waals surface area contributed by atoms with Crippen LogP contribution in [0.5, 0.6) is 0 Å². The summed E-state index contributed by atoms with van der Waals surface area (Å²) in [6.45, 7) is 13.2. The third kappa shape index (κ3) is 2.02. The smallest absolute Gasteiger partial charge is 0.00945 e. The minimum atomic E-state index is 0.563. The molecule has 5 aliphatic rings. The average Bonchev–Trinajstić information content (AvgIpc) is 3.16. The zero-order chi connectivity index (χ0) is 19.5. The molecule has 2 spiro atoms. The first-order valence-electron chi connectivity index (χ1n) is 12.2. The highest BCUT2D eigenvalue weighted by atomic mass is 15.1. The second-order valence-corrected chi connectivity index (χ2v) is 13.2. The molecule has 0 amide bonds. The molecule has 0 saturated heterocycles. The molecule has 0 bridgehead atoms. The summed E-state index contributed by atoms with van der Waals surface area (Å²) in [6.07, 6.45) is 15.3. The Morgan fingerprint density at radius 2 is 1.41 bits per heavy atom. The molecule has 5 rings (SSSR count). The van der Waals surface area contributed by atoms with Crippen molar-refractivity contribution in [2.24, 2.45) is 44.8 Å². The van der Waals surface area contributed by atoms with Gasteiger partial charge in [0.1, 0.15) is 0 Å². The number of hydrogen-bond donors (Lipinski definition) is 0. The van der Waals surface area contributed by atoms with Crippen molar-refractivity contribution in [3.8, 4) is 0 Å². The molecule has 8 atom stereocenters. The fourth-order valence-corrected chi connectivity index (χ4v) is 10.6. The second kappa shape index (κ2) is 5.35. The van der Waals surface area contributed by atoms with Gasteiger partial charge in [0.25, 0.3) is 0 Å². The lowest BCUT2D eigenvalue weighted by Gasteiger charge is -2.63. The Bertz CT molecular complexity index is 636. The van der Waals surface area contributed by atoms with E-state index in [1.54, 1.807) is 32.1 Å². The summed E-state index contributed by atoms with van der Waals surface area (Å²) in [5.74, 6) is 2.94. The number of fused-ring (bicyclic) bond motifs is 2. The largest absolute Gasteiger partial charge is 0.306 e. The maximum Gasteiger partial charge on any atom is 0.00945 e. The lowest BCUT2D eigenvalue weighted by molar-refractivity contribution is -0.142. The molecule has 0 aromatic carbocycles. The Morgan fingerprint density at radius 1 is 0.741 bits per heavy atom. The monoisotopic (exact) mass is 371 g/mol. The van der Waals surface area contributed by atoms with E-state index in [1.165, 1.54) is 32.1 Å². The topological polar surface area (TPSA) is 3.24 Å². The van der Waals surface area contributed by atoms with Crippen LogP contribution in [0.2, 0.25) is 0 Å². The summed E-state index contributed by atoms with van der Waals surface area (Å²) in [6, 6.07) is 0.726. The van der Waals surface area contributed by atoms with Gasteiger partial charge in [-0.25, -0.2) is 0 Å². The van der Waals surface area contributed by atoms with Crippen molar-refractivity contribution in [3.05, 3.63) is 0 Å². The second-order valence-electron chi connectivity index (χ2n) is 13.2. The van der Waals surface area contributed by atoms with Crippen LogP contribution in [0.4, 0.5) is 0 Å². The maximum atomic E-state index is 2.77. The molecular formula is C26H45N. The van der Waals surface area contributed by atoms with Crippen molar-refractivity contribution in [1.29, 1.82) is 0 Å². The van der Waals surface area contributed by atoms with Crippen molar-refractivity contribution in [2.75, 3.05) is 14.1 Å². The van der Waals surface area contributed by atoms with Crippen LogP contribution in [-0.4, -0.2) is 25.0 Å². The van der Waals surface area contributed by atoms with E-state index in [0.29, 0.717) is 16.2 Å². The molecule has 0 unspecified atom stereocenters. The van der Waals surface area contributed by atoms with Crippen LogP contribution in [0, 0.1) is 44.8 Å². The number of nitrogens with zero attached hydrogens (tertiary/aromatic N) is 1. The SMILES string of the molecule is C[C@@H]([C@H]1CC[C@@]2(C)[C@@H]3CC[C@@H]4C(C)(C)CCC[C@]45C[C@]35CC[C@]12C)N(C)C. The van der Waals surface area contributed by atoms with Crippen LogP contribution in [-0.2, 0) is 0 Å². The summed E-state index contributed by atoms with van der Waals surface area (Å²) >= 11 is 0. The normalized spacial score (nSPS) is 56.7. The predicted molar refractivity (Wildman–Crippen MR) is 115 cm³/mol. The minimum Gasteiger partial charge on any atom is -0.306 e. The average molecular weight is 372 g/mol. The van der Waals surface area contributed by atoms with E-state index in [4.69, 9.17) is 0 Å². The third-order valence-electron chi connectivity index (χ3n) is 12.3. The molecule has 0 radical (unpaired) electrons. The van der Waals surface area contributed by atoms with Gasteiger partial charge in [-0.05, 0) is 124 Å². The van der Waals surface area contributed by atoms with Gasteiger partial charge >= 0.3 is 0 Å². The van der Waals surface area contributed by atoms with Gasteiger partial charge in [-0.1, -0.05) is 34.1 Å². The van der Waals surface area contributed by atoms with Gasteiger partial charge in [-0.15, -0.1) is 0 Å². The van der Waals surface area contributed by atoms with Crippen molar-refractivity contribution >= 4 is 0 Å². The molecule has 1 heteroatoms. The highest BCUT2D eigenvalue weighted by molar-refractivity contribution is 5.30. The van der Waals surface area contributed by atoms with E-state index >= 15 is 0 Å². The van der Waals surface area contributed by atoms with Crippen LogP contribution in [0.25, 0.3) is 0 Å². The first-order valence-corrected chi connectivity index (χ1v) is 12.2. The number of hydrogen-bond acceptors (Lipinski definition) is 1. The molecular weight excluding hydrogens is 326 g/mol. The zero-order valence-electron chi connectivity index (χ0n) is 19.3. The van der Waals surface area contributed by atoms with Crippen LogP contribution >= 0.6 is 0 Å². The van der Waals surface area contributed by atoms with E-state index in [0.717, 1.165) is 34.6 Å². The minimum absolute atomic E-state index is 0.563. The van der Waals surface area contributed by atoms with Crippen molar-refractivity contribution in [1.82, 2.24) is 4.90 Å². The first kappa shape index (κ1) is 19.0. The van der Waals surface area contributed by atoms with Gasteiger partial charge in [0.15, 0.2) is 0 Å². The summed E-state index contributed by atoms with van der Waals surface area (Å²) in [5.41, 5.74) is 3.26. The Hall–Kier alpha value is -0.0400. The van der Waals surface area contributed by atoms with E-state index in [2.05, 4.69) is 53.6 Å². The number of rotatable bonds is 2. The Labute approximate surface area is 169 Å². The fourth-order valence-electron chi connectivity index (χ4n) is 10.6. The fraction of sp³-hybridized carbons (Fsp3) is 1.00. The van der Waals surface area contributed by atoms with Gasteiger partial charge in [-0.2, -0.15) is 0 Å². The van der Waals surface area contributed by atoms with Gasteiger partial charge in [0.05, 0.1) is 0 Å². The lowest BCUT2D eigenvalue weighted by Crippen LogP contribution is -2.57. The predicted octanol–water partition coefficient (Wildman–Crippen LogP) is 6.77. The third-order valence-corrected chi connectivity index (χ3v) is 12.3. The first-order chi connectivity index (χ1) is 12.5. The Balaban J connectivity index is 1.51. The quantitative estimate of drug-likeness (QED) is 0.518. The van der Waals surface area contributed by atoms with Crippen molar-refractivity contribution in [3.63, 3.8) is 0 Å². The summed E-state index contributed by atoms with van der Waals surface area (Å²) in [7, 11) is 4.61. The highest BCUT2D eigenvalue weighted by Crippen LogP contribution is 2.88. The van der Waals surface area contributed by atoms with Crippen LogP contribution in [0.1, 0.15) is 98.8 Å². The zero-order valence-corrected chi connectivity index (χ0v) is 19.3. The molecule has 5 saturated carbocycles. The maximum absolute atomic E-state index is 2.77. The molecule has 0 aliphatic heterocycles.